The van der Waals surface area contributed by atoms with E-state index in [1.165, 1.54) is 0 Å². The molecule has 0 aromatic heterocycles. The topological polar surface area (TPSA) is 49.3 Å². The first-order valence-corrected chi connectivity index (χ1v) is 5.68. The first-order chi connectivity index (χ1) is 7.65. The van der Waals surface area contributed by atoms with Crippen LogP contribution in [0.15, 0.2) is 24.3 Å². The Bertz CT molecular complexity index is 351. The second-order valence-electron chi connectivity index (χ2n) is 3.66. The molecule has 3 nitrogen and oxygen atoms in total. The number of aliphatic hydroxyl groups excluding tert-OH is 1. The third-order valence-electron chi connectivity index (χ3n) is 2.33. The van der Waals surface area contributed by atoms with Crippen LogP contribution in [0.1, 0.15) is 18.9 Å². The lowest BCUT2D eigenvalue weighted by Gasteiger charge is -2.13. The Hall–Kier alpha value is -1.06. The number of nitrogens with one attached hydrogen (secondary N) is 1. The molecule has 0 spiro atoms. The molecule has 0 aliphatic rings. The number of hydrogen-bond donors (Lipinski definition) is 2. The average molecular weight is 242 g/mol. The van der Waals surface area contributed by atoms with E-state index < -0.39 is 0 Å². The molecule has 0 radical (unpaired) electrons. The van der Waals surface area contributed by atoms with Crippen LogP contribution in [-0.4, -0.2) is 23.7 Å². The Kier molecular flexibility index (Phi) is 5.29. The molecule has 1 aromatic rings. The fourth-order valence-electron chi connectivity index (χ4n) is 1.39. The summed E-state index contributed by atoms with van der Waals surface area (Å²) in [6.45, 7) is 1.89. The van der Waals surface area contributed by atoms with E-state index in [1.54, 1.807) is 12.1 Å². The standard InChI is InChI=1S/C12H16ClNO2/c1-2-11(8-15)14-12(16)7-9-4-3-5-10(13)6-9/h3-6,11,15H,2,7-8H2,1H3,(H,14,16)/t11-/m1/s1. The zero-order valence-electron chi connectivity index (χ0n) is 9.24. The van der Waals surface area contributed by atoms with Crippen molar-refractivity contribution >= 4 is 17.5 Å². The van der Waals surface area contributed by atoms with Gasteiger partial charge in [0.05, 0.1) is 19.1 Å². The number of carbonyl (C=O) groups excluding carboxylic acids is 1. The first-order valence-electron chi connectivity index (χ1n) is 5.30. The smallest absolute Gasteiger partial charge is 0.224 e. The van der Waals surface area contributed by atoms with E-state index >= 15 is 0 Å². The van der Waals surface area contributed by atoms with Gasteiger partial charge in [-0.3, -0.25) is 4.79 Å². The van der Waals surface area contributed by atoms with Crippen LogP contribution in [0.5, 0.6) is 0 Å². The van der Waals surface area contributed by atoms with E-state index in [4.69, 9.17) is 16.7 Å². The molecular weight excluding hydrogens is 226 g/mol. The monoisotopic (exact) mass is 241 g/mol. The molecule has 0 fully saturated rings. The molecule has 4 heteroatoms. The third kappa shape index (κ3) is 4.21. The van der Waals surface area contributed by atoms with Gasteiger partial charge in [-0.05, 0) is 24.1 Å². The van der Waals surface area contributed by atoms with Gasteiger partial charge in [0.25, 0.3) is 0 Å². The zero-order chi connectivity index (χ0) is 12.0. The molecule has 1 aromatic carbocycles. The van der Waals surface area contributed by atoms with Gasteiger partial charge in [0, 0.05) is 5.02 Å². The Labute approximate surface area is 100 Å². The van der Waals surface area contributed by atoms with Crippen LogP contribution in [0.2, 0.25) is 5.02 Å². The summed E-state index contributed by atoms with van der Waals surface area (Å²) in [6, 6.07) is 7.04. The van der Waals surface area contributed by atoms with Gasteiger partial charge in [0.15, 0.2) is 0 Å². The molecule has 0 saturated heterocycles. The van der Waals surface area contributed by atoms with Crippen molar-refractivity contribution in [3.8, 4) is 0 Å². The van der Waals surface area contributed by atoms with E-state index in [9.17, 15) is 4.79 Å². The SMILES string of the molecule is CC[C@H](CO)NC(=O)Cc1cccc(Cl)c1. The third-order valence-corrected chi connectivity index (χ3v) is 2.57. The minimum absolute atomic E-state index is 0.0300. The van der Waals surface area contributed by atoms with Crippen molar-refractivity contribution in [3.05, 3.63) is 34.9 Å². The lowest BCUT2D eigenvalue weighted by Crippen LogP contribution is -2.37. The summed E-state index contributed by atoms with van der Waals surface area (Å²) in [4.78, 5) is 11.6. The van der Waals surface area contributed by atoms with Crippen LogP contribution < -0.4 is 5.32 Å². The molecule has 0 saturated carbocycles. The number of carbonyl (C=O) groups is 1. The van der Waals surface area contributed by atoms with Gasteiger partial charge in [-0.15, -0.1) is 0 Å². The summed E-state index contributed by atoms with van der Waals surface area (Å²) < 4.78 is 0. The van der Waals surface area contributed by atoms with Crippen molar-refractivity contribution in [2.75, 3.05) is 6.61 Å². The number of rotatable bonds is 5. The molecule has 0 aliphatic carbocycles. The van der Waals surface area contributed by atoms with Crippen LogP contribution in [0.4, 0.5) is 0 Å². The largest absolute Gasteiger partial charge is 0.394 e. The van der Waals surface area contributed by atoms with E-state index in [0.29, 0.717) is 5.02 Å². The normalized spacial score (nSPS) is 12.2. The van der Waals surface area contributed by atoms with Crippen molar-refractivity contribution < 1.29 is 9.90 Å². The Morgan fingerprint density at radius 2 is 2.31 bits per heavy atom. The molecule has 1 amide bonds. The predicted molar refractivity (Wildman–Crippen MR) is 64.5 cm³/mol. The van der Waals surface area contributed by atoms with Gasteiger partial charge in [-0.2, -0.15) is 0 Å². The summed E-state index contributed by atoms with van der Waals surface area (Å²) >= 11 is 5.82. The van der Waals surface area contributed by atoms with Crippen molar-refractivity contribution in [1.82, 2.24) is 5.32 Å². The van der Waals surface area contributed by atoms with Crippen LogP contribution >= 0.6 is 11.6 Å². The fourth-order valence-corrected chi connectivity index (χ4v) is 1.60. The fraction of sp³-hybridized carbons (Fsp3) is 0.417. The van der Waals surface area contributed by atoms with E-state index in [2.05, 4.69) is 5.32 Å². The van der Waals surface area contributed by atoms with E-state index in [1.807, 2.05) is 19.1 Å². The van der Waals surface area contributed by atoms with Crippen LogP contribution in [0, 0.1) is 0 Å². The molecular formula is C12H16ClNO2. The van der Waals surface area contributed by atoms with Gasteiger partial charge >= 0.3 is 0 Å². The predicted octanol–water partition coefficient (Wildman–Crippen LogP) is 1.77. The van der Waals surface area contributed by atoms with E-state index in [-0.39, 0.29) is 25.0 Å². The maximum Gasteiger partial charge on any atom is 0.224 e. The van der Waals surface area contributed by atoms with Gasteiger partial charge < -0.3 is 10.4 Å². The molecule has 2 N–H and O–H groups in total. The summed E-state index contributed by atoms with van der Waals surface area (Å²) in [7, 11) is 0. The first kappa shape index (κ1) is 13.0. The van der Waals surface area contributed by atoms with E-state index in [0.717, 1.165) is 12.0 Å². The minimum atomic E-state index is -0.160. The molecule has 0 heterocycles. The average Bonchev–Trinajstić information content (AvgIpc) is 2.26. The highest BCUT2D eigenvalue weighted by Crippen LogP contribution is 2.11. The lowest BCUT2D eigenvalue weighted by atomic mass is 10.1. The highest BCUT2D eigenvalue weighted by Gasteiger charge is 2.09. The second-order valence-corrected chi connectivity index (χ2v) is 4.10. The van der Waals surface area contributed by atoms with Crippen molar-refractivity contribution in [2.45, 2.75) is 25.8 Å². The molecule has 1 rings (SSSR count). The lowest BCUT2D eigenvalue weighted by molar-refractivity contribution is -0.121. The maximum absolute atomic E-state index is 11.6. The molecule has 0 aliphatic heterocycles. The minimum Gasteiger partial charge on any atom is -0.394 e. The van der Waals surface area contributed by atoms with Crippen molar-refractivity contribution in [2.24, 2.45) is 0 Å². The number of halogens is 1. The summed E-state index contributed by atoms with van der Waals surface area (Å²) in [5.74, 6) is -0.0943. The van der Waals surface area contributed by atoms with Crippen LogP contribution in [-0.2, 0) is 11.2 Å². The Morgan fingerprint density at radius 1 is 1.56 bits per heavy atom. The number of hydrogen-bond acceptors (Lipinski definition) is 2. The maximum atomic E-state index is 11.6. The Morgan fingerprint density at radius 3 is 2.88 bits per heavy atom. The van der Waals surface area contributed by atoms with Gasteiger partial charge in [0.2, 0.25) is 5.91 Å². The Balaban J connectivity index is 2.51. The summed E-state index contributed by atoms with van der Waals surface area (Å²) in [5, 5.41) is 12.3. The highest BCUT2D eigenvalue weighted by molar-refractivity contribution is 6.30. The van der Waals surface area contributed by atoms with Crippen molar-refractivity contribution in [3.63, 3.8) is 0 Å². The van der Waals surface area contributed by atoms with Gasteiger partial charge in [-0.1, -0.05) is 30.7 Å². The van der Waals surface area contributed by atoms with Crippen LogP contribution in [0.25, 0.3) is 0 Å². The molecule has 16 heavy (non-hydrogen) atoms. The summed E-state index contributed by atoms with van der Waals surface area (Å²) in [6.07, 6.45) is 1.01. The number of amides is 1. The van der Waals surface area contributed by atoms with Crippen LogP contribution in [0.3, 0.4) is 0 Å². The highest BCUT2D eigenvalue weighted by atomic mass is 35.5. The molecule has 1 atom stereocenters. The van der Waals surface area contributed by atoms with Crippen molar-refractivity contribution in [1.29, 1.82) is 0 Å². The molecule has 88 valence electrons. The zero-order valence-corrected chi connectivity index (χ0v) is 10.00. The van der Waals surface area contributed by atoms with Gasteiger partial charge in [0.1, 0.15) is 0 Å². The van der Waals surface area contributed by atoms with Gasteiger partial charge in [-0.25, -0.2) is 0 Å². The molecule has 0 bridgehead atoms. The number of aliphatic hydroxyl groups is 1. The second kappa shape index (κ2) is 6.51. The summed E-state index contributed by atoms with van der Waals surface area (Å²) in [5.41, 5.74) is 0.873. The molecule has 0 unspecified atom stereocenters. The quantitative estimate of drug-likeness (QED) is 0.826. The number of benzene rings is 1.